The second-order valence-corrected chi connectivity index (χ2v) is 7.41. The van der Waals surface area contributed by atoms with Gasteiger partial charge in [-0.25, -0.2) is 0 Å². The van der Waals surface area contributed by atoms with E-state index in [0.717, 1.165) is 44.9 Å². The fourth-order valence-electron chi connectivity index (χ4n) is 3.19. The van der Waals surface area contributed by atoms with Crippen molar-refractivity contribution in [1.82, 2.24) is 15.5 Å². The molecule has 1 aliphatic rings. The Hall–Kier alpha value is -2.04. The highest BCUT2D eigenvalue weighted by atomic mass is 16.2. The first-order valence-electron chi connectivity index (χ1n) is 9.87. The molecule has 0 aliphatic carbocycles. The molecule has 1 saturated heterocycles. The predicted octanol–water partition coefficient (Wildman–Crippen LogP) is 2.92. The maximum absolute atomic E-state index is 11.6. The number of likely N-dealkylation sites (tertiary alicyclic amines) is 1. The van der Waals surface area contributed by atoms with Crippen molar-refractivity contribution < 1.29 is 4.79 Å². The Kier molecular flexibility index (Phi) is 7.95. The predicted molar refractivity (Wildman–Crippen MR) is 109 cm³/mol. The van der Waals surface area contributed by atoms with Crippen molar-refractivity contribution >= 4 is 11.9 Å². The molecule has 1 amide bonds. The molecule has 1 heterocycles. The number of guanidine groups is 1. The normalized spacial score (nSPS) is 18.3. The number of benzene rings is 1. The van der Waals surface area contributed by atoms with Gasteiger partial charge in [0.1, 0.15) is 0 Å². The van der Waals surface area contributed by atoms with Gasteiger partial charge in [0.25, 0.3) is 0 Å². The van der Waals surface area contributed by atoms with E-state index in [-0.39, 0.29) is 11.9 Å². The third kappa shape index (κ3) is 6.36. The standard InChI is InChI=1S/C21H34N4O/c1-5-22-21(24-19-12-13-20(26)25(4)15-19)23-14-6-7-17-8-10-18(11-9-17)16(2)3/h8-11,16,19H,5-7,12-15H2,1-4H3,(H2,22,23,24). The summed E-state index contributed by atoms with van der Waals surface area (Å²) in [5.74, 6) is 1.67. The Morgan fingerprint density at radius 3 is 2.65 bits per heavy atom. The number of rotatable bonds is 7. The van der Waals surface area contributed by atoms with Gasteiger partial charge in [-0.3, -0.25) is 9.79 Å². The zero-order chi connectivity index (χ0) is 18.9. The van der Waals surface area contributed by atoms with Crippen LogP contribution in [0.4, 0.5) is 0 Å². The van der Waals surface area contributed by atoms with Crippen LogP contribution in [0, 0.1) is 0 Å². The molecule has 1 atom stereocenters. The molecule has 1 unspecified atom stereocenters. The molecule has 2 rings (SSSR count). The van der Waals surface area contributed by atoms with Gasteiger partial charge in [-0.15, -0.1) is 0 Å². The molecule has 0 spiro atoms. The fraction of sp³-hybridized carbons (Fsp3) is 0.619. The molecule has 5 nitrogen and oxygen atoms in total. The Labute approximate surface area is 158 Å². The average Bonchev–Trinajstić information content (AvgIpc) is 2.62. The molecule has 0 aromatic heterocycles. The van der Waals surface area contributed by atoms with Crippen molar-refractivity contribution in [3.8, 4) is 0 Å². The van der Waals surface area contributed by atoms with E-state index in [0.29, 0.717) is 12.3 Å². The van der Waals surface area contributed by atoms with Gasteiger partial charge >= 0.3 is 0 Å². The van der Waals surface area contributed by atoms with Gasteiger partial charge in [0.15, 0.2) is 5.96 Å². The number of hydrogen-bond donors (Lipinski definition) is 2. The molecule has 1 aromatic rings. The Morgan fingerprint density at radius 1 is 1.31 bits per heavy atom. The quantitative estimate of drug-likeness (QED) is 0.448. The zero-order valence-corrected chi connectivity index (χ0v) is 16.7. The molecule has 1 aliphatic heterocycles. The fourth-order valence-corrected chi connectivity index (χ4v) is 3.19. The number of nitrogens with zero attached hydrogens (tertiary/aromatic N) is 2. The number of nitrogens with one attached hydrogen (secondary N) is 2. The topological polar surface area (TPSA) is 56.7 Å². The average molecular weight is 359 g/mol. The van der Waals surface area contributed by atoms with Crippen LogP contribution < -0.4 is 10.6 Å². The molecular weight excluding hydrogens is 324 g/mol. The lowest BCUT2D eigenvalue weighted by Crippen LogP contribution is -2.51. The van der Waals surface area contributed by atoms with Gasteiger partial charge in [0, 0.05) is 39.1 Å². The third-order valence-corrected chi connectivity index (χ3v) is 4.85. The Balaban J connectivity index is 1.80. The monoisotopic (exact) mass is 358 g/mol. The third-order valence-electron chi connectivity index (χ3n) is 4.85. The van der Waals surface area contributed by atoms with Crippen molar-refractivity contribution in [3.05, 3.63) is 35.4 Å². The summed E-state index contributed by atoms with van der Waals surface area (Å²) in [6.07, 6.45) is 3.55. The van der Waals surface area contributed by atoms with E-state index in [1.54, 1.807) is 4.90 Å². The number of aliphatic imine (C=N–C) groups is 1. The van der Waals surface area contributed by atoms with Crippen molar-refractivity contribution in [3.63, 3.8) is 0 Å². The highest BCUT2D eigenvalue weighted by molar-refractivity contribution is 5.81. The van der Waals surface area contributed by atoms with E-state index in [4.69, 9.17) is 4.99 Å². The lowest BCUT2D eigenvalue weighted by Gasteiger charge is -2.31. The maximum atomic E-state index is 11.6. The molecule has 144 valence electrons. The largest absolute Gasteiger partial charge is 0.357 e. The van der Waals surface area contributed by atoms with Gasteiger partial charge in [-0.2, -0.15) is 0 Å². The minimum absolute atomic E-state index is 0.230. The number of likely N-dealkylation sites (N-methyl/N-ethyl adjacent to an activating group) is 1. The number of amides is 1. The van der Waals surface area contributed by atoms with Crippen LogP contribution in [0.1, 0.15) is 57.1 Å². The second kappa shape index (κ2) is 10.2. The van der Waals surface area contributed by atoms with Crippen LogP contribution in [0.25, 0.3) is 0 Å². The summed E-state index contributed by atoms with van der Waals surface area (Å²) < 4.78 is 0. The first kappa shape index (κ1) is 20.3. The van der Waals surface area contributed by atoms with Crippen LogP contribution >= 0.6 is 0 Å². The Morgan fingerprint density at radius 2 is 2.04 bits per heavy atom. The van der Waals surface area contributed by atoms with Gasteiger partial charge in [-0.05, 0) is 43.2 Å². The first-order chi connectivity index (χ1) is 12.5. The highest BCUT2D eigenvalue weighted by Gasteiger charge is 2.23. The Bertz CT molecular complexity index is 595. The summed E-state index contributed by atoms with van der Waals surface area (Å²) in [4.78, 5) is 18.1. The minimum Gasteiger partial charge on any atom is -0.357 e. The van der Waals surface area contributed by atoms with Crippen LogP contribution in [0.3, 0.4) is 0 Å². The highest BCUT2D eigenvalue weighted by Crippen LogP contribution is 2.15. The summed E-state index contributed by atoms with van der Waals surface area (Å²) in [6.45, 7) is 8.89. The molecule has 0 bridgehead atoms. The molecule has 1 aromatic carbocycles. The summed E-state index contributed by atoms with van der Waals surface area (Å²) in [7, 11) is 1.87. The van der Waals surface area contributed by atoms with E-state index in [9.17, 15) is 4.79 Å². The minimum atomic E-state index is 0.230. The van der Waals surface area contributed by atoms with Gasteiger partial charge in [0.05, 0.1) is 0 Å². The van der Waals surface area contributed by atoms with Crippen LogP contribution in [-0.4, -0.2) is 49.5 Å². The van der Waals surface area contributed by atoms with Crippen molar-refractivity contribution in [2.45, 2.75) is 58.4 Å². The summed E-state index contributed by atoms with van der Waals surface area (Å²) >= 11 is 0. The van der Waals surface area contributed by atoms with Crippen molar-refractivity contribution in [2.24, 2.45) is 4.99 Å². The summed E-state index contributed by atoms with van der Waals surface area (Å²) in [5.41, 5.74) is 2.76. The molecule has 0 saturated carbocycles. The van der Waals surface area contributed by atoms with Gasteiger partial charge in [0.2, 0.25) is 5.91 Å². The van der Waals surface area contributed by atoms with E-state index in [1.807, 2.05) is 7.05 Å². The maximum Gasteiger partial charge on any atom is 0.222 e. The van der Waals surface area contributed by atoms with E-state index < -0.39 is 0 Å². The smallest absolute Gasteiger partial charge is 0.222 e. The lowest BCUT2D eigenvalue weighted by molar-refractivity contribution is -0.132. The number of carbonyl (C=O) groups is 1. The van der Waals surface area contributed by atoms with Gasteiger partial charge < -0.3 is 15.5 Å². The molecule has 0 radical (unpaired) electrons. The van der Waals surface area contributed by atoms with Crippen LogP contribution in [0.2, 0.25) is 0 Å². The number of carbonyl (C=O) groups excluding carboxylic acids is 1. The molecule has 1 fully saturated rings. The van der Waals surface area contributed by atoms with E-state index in [1.165, 1.54) is 11.1 Å². The second-order valence-electron chi connectivity index (χ2n) is 7.41. The molecule has 2 N–H and O–H groups in total. The SMILES string of the molecule is CCNC(=NCCCc1ccc(C(C)C)cc1)NC1CCC(=O)N(C)C1. The molecular formula is C21H34N4O. The number of aryl methyl sites for hydroxylation is 1. The van der Waals surface area contributed by atoms with Crippen LogP contribution in [-0.2, 0) is 11.2 Å². The van der Waals surface area contributed by atoms with Crippen molar-refractivity contribution in [1.29, 1.82) is 0 Å². The molecule has 5 heteroatoms. The van der Waals surface area contributed by atoms with Crippen LogP contribution in [0.5, 0.6) is 0 Å². The van der Waals surface area contributed by atoms with E-state index in [2.05, 4.69) is 55.7 Å². The number of hydrogen-bond acceptors (Lipinski definition) is 2. The summed E-state index contributed by atoms with van der Waals surface area (Å²) in [6, 6.07) is 9.21. The lowest BCUT2D eigenvalue weighted by atomic mass is 10.0. The first-order valence-corrected chi connectivity index (χ1v) is 9.87. The summed E-state index contributed by atoms with van der Waals surface area (Å²) in [5, 5.41) is 6.78. The van der Waals surface area contributed by atoms with Crippen molar-refractivity contribution in [2.75, 3.05) is 26.7 Å². The van der Waals surface area contributed by atoms with Gasteiger partial charge in [-0.1, -0.05) is 38.1 Å². The number of piperidine rings is 1. The van der Waals surface area contributed by atoms with E-state index >= 15 is 0 Å². The zero-order valence-electron chi connectivity index (χ0n) is 16.7. The van der Waals surface area contributed by atoms with Crippen LogP contribution in [0.15, 0.2) is 29.3 Å². The molecule has 26 heavy (non-hydrogen) atoms.